The van der Waals surface area contributed by atoms with Gasteiger partial charge >= 0.3 is 0 Å². The summed E-state index contributed by atoms with van der Waals surface area (Å²) in [6.07, 6.45) is 6.84. The van der Waals surface area contributed by atoms with Gasteiger partial charge in [-0.2, -0.15) is 0 Å². The number of nitrogens with one attached hydrogen (secondary N) is 1. The number of carbonyl (C=O) groups is 1. The van der Waals surface area contributed by atoms with Crippen molar-refractivity contribution in [2.45, 2.75) is 38.6 Å². The highest BCUT2D eigenvalue weighted by atomic mass is 35.5. The third-order valence-corrected chi connectivity index (χ3v) is 4.35. The van der Waals surface area contributed by atoms with Crippen molar-refractivity contribution in [2.24, 2.45) is 11.7 Å². The molecule has 1 aliphatic carbocycles. The van der Waals surface area contributed by atoms with Gasteiger partial charge in [0.2, 0.25) is 11.8 Å². The van der Waals surface area contributed by atoms with Gasteiger partial charge < -0.3 is 15.5 Å². The zero-order valence-electron chi connectivity index (χ0n) is 13.1. The Bertz CT molecular complexity index is 658. The lowest BCUT2D eigenvalue weighted by atomic mass is 10.00. The van der Waals surface area contributed by atoms with Gasteiger partial charge in [-0.25, -0.2) is 4.98 Å². The summed E-state index contributed by atoms with van der Waals surface area (Å²) in [5, 5.41) is 2.95. The van der Waals surface area contributed by atoms with Gasteiger partial charge in [-0.3, -0.25) is 4.79 Å². The quantitative estimate of drug-likeness (QED) is 0.895. The molecule has 6 heteroatoms. The number of hydrogen-bond donors (Lipinski definition) is 2. The Morgan fingerprint density at radius 2 is 2.26 bits per heavy atom. The summed E-state index contributed by atoms with van der Waals surface area (Å²) in [5.74, 6) is 0.882. The highest BCUT2D eigenvalue weighted by molar-refractivity contribution is 5.91. The van der Waals surface area contributed by atoms with Gasteiger partial charge in [-0.05, 0) is 43.4 Å². The third-order valence-electron chi connectivity index (χ3n) is 4.35. The van der Waals surface area contributed by atoms with Crippen LogP contribution in [0.3, 0.4) is 0 Å². The number of hydrogen-bond acceptors (Lipinski definition) is 4. The van der Waals surface area contributed by atoms with E-state index in [0.29, 0.717) is 18.2 Å². The number of halogens is 1. The molecule has 1 aliphatic rings. The number of nitrogens with two attached hydrogens (primary N) is 1. The van der Waals surface area contributed by atoms with E-state index in [2.05, 4.69) is 10.3 Å². The molecule has 0 unspecified atom stereocenters. The van der Waals surface area contributed by atoms with Crippen LogP contribution in [0.5, 0.6) is 0 Å². The van der Waals surface area contributed by atoms with Crippen molar-refractivity contribution >= 4 is 24.0 Å². The topological polar surface area (TPSA) is 81.2 Å². The maximum Gasteiger partial charge on any atom is 0.226 e. The maximum absolute atomic E-state index is 12.2. The molecular formula is C17H22ClN3O2. The van der Waals surface area contributed by atoms with Crippen molar-refractivity contribution in [3.8, 4) is 11.5 Å². The van der Waals surface area contributed by atoms with Crippen LogP contribution in [-0.2, 0) is 4.79 Å². The molecule has 2 atom stereocenters. The minimum atomic E-state index is 0. The lowest BCUT2D eigenvalue weighted by Gasteiger charge is -2.15. The molecule has 1 saturated carbocycles. The molecule has 5 nitrogen and oxygen atoms in total. The Morgan fingerprint density at radius 1 is 1.43 bits per heavy atom. The second kappa shape index (κ2) is 7.62. The number of aromatic nitrogens is 1. The van der Waals surface area contributed by atoms with E-state index in [1.54, 1.807) is 12.5 Å². The molecule has 2 aromatic rings. The van der Waals surface area contributed by atoms with Crippen molar-refractivity contribution in [1.82, 2.24) is 4.98 Å². The monoisotopic (exact) mass is 335 g/mol. The molecule has 3 N–H and O–H groups in total. The lowest BCUT2D eigenvalue weighted by Crippen LogP contribution is -2.28. The summed E-state index contributed by atoms with van der Waals surface area (Å²) in [4.78, 5) is 16.4. The molecular weight excluding hydrogens is 314 g/mol. The number of oxazole rings is 1. The largest absolute Gasteiger partial charge is 0.445 e. The molecule has 124 valence electrons. The summed E-state index contributed by atoms with van der Waals surface area (Å²) >= 11 is 0. The Hall–Kier alpha value is -1.85. The second-order valence-electron chi connectivity index (χ2n) is 5.97. The Kier molecular flexibility index (Phi) is 5.80. The summed E-state index contributed by atoms with van der Waals surface area (Å²) in [6, 6.07) is 5.91. The van der Waals surface area contributed by atoms with Crippen LogP contribution in [0.1, 0.15) is 31.2 Å². The number of carbonyl (C=O) groups excluding carboxylic acids is 1. The van der Waals surface area contributed by atoms with Gasteiger partial charge in [0.1, 0.15) is 6.26 Å². The summed E-state index contributed by atoms with van der Waals surface area (Å²) in [7, 11) is 0. The second-order valence-corrected chi connectivity index (χ2v) is 5.97. The van der Waals surface area contributed by atoms with Gasteiger partial charge in [0, 0.05) is 23.7 Å². The van der Waals surface area contributed by atoms with Crippen LogP contribution in [0.4, 0.5) is 5.69 Å². The van der Waals surface area contributed by atoms with E-state index in [0.717, 1.165) is 36.1 Å². The van der Waals surface area contributed by atoms with Gasteiger partial charge in [-0.1, -0.05) is 12.5 Å². The van der Waals surface area contributed by atoms with E-state index in [9.17, 15) is 4.79 Å². The summed E-state index contributed by atoms with van der Waals surface area (Å²) < 4.78 is 5.34. The zero-order valence-corrected chi connectivity index (χ0v) is 13.9. The molecule has 0 saturated heterocycles. The van der Waals surface area contributed by atoms with Crippen molar-refractivity contribution < 1.29 is 9.21 Å². The zero-order chi connectivity index (χ0) is 15.5. The highest BCUT2D eigenvalue weighted by Gasteiger charge is 2.26. The van der Waals surface area contributed by atoms with Crippen LogP contribution in [0.15, 0.2) is 35.1 Å². The predicted octanol–water partition coefficient (Wildman–Crippen LogP) is 3.53. The number of aryl methyl sites for hydroxylation is 1. The van der Waals surface area contributed by atoms with Gasteiger partial charge in [0.15, 0.2) is 0 Å². The Morgan fingerprint density at radius 3 is 2.91 bits per heavy atom. The van der Waals surface area contributed by atoms with Crippen LogP contribution in [0, 0.1) is 12.8 Å². The maximum atomic E-state index is 12.2. The molecule has 23 heavy (non-hydrogen) atoms. The molecule has 1 amide bonds. The third kappa shape index (κ3) is 4.12. The van der Waals surface area contributed by atoms with E-state index in [-0.39, 0.29) is 24.4 Å². The SMILES string of the molecule is Cc1ccc(NC(=O)C[C@@H]2CCC[C@H]2N)cc1-c1ncco1.Cl. The summed E-state index contributed by atoms with van der Waals surface area (Å²) in [6.45, 7) is 1.99. The molecule has 0 aliphatic heterocycles. The van der Waals surface area contributed by atoms with Gasteiger partial charge in [-0.15, -0.1) is 12.4 Å². The smallest absolute Gasteiger partial charge is 0.226 e. The van der Waals surface area contributed by atoms with E-state index in [1.165, 1.54) is 0 Å². The van der Waals surface area contributed by atoms with Crippen LogP contribution in [0.2, 0.25) is 0 Å². The first-order valence-electron chi connectivity index (χ1n) is 7.69. The van der Waals surface area contributed by atoms with Crippen LogP contribution < -0.4 is 11.1 Å². The fourth-order valence-electron chi connectivity index (χ4n) is 3.06. The molecule has 1 aromatic heterocycles. The van der Waals surface area contributed by atoms with Crippen molar-refractivity contribution in [3.63, 3.8) is 0 Å². The van der Waals surface area contributed by atoms with Crippen LogP contribution in [0.25, 0.3) is 11.5 Å². The summed E-state index contributed by atoms with van der Waals surface area (Å²) in [5.41, 5.74) is 8.73. The first-order chi connectivity index (χ1) is 10.6. The highest BCUT2D eigenvalue weighted by Crippen LogP contribution is 2.28. The number of nitrogens with zero attached hydrogens (tertiary/aromatic N) is 1. The first kappa shape index (κ1) is 17.5. The van der Waals surface area contributed by atoms with Crippen LogP contribution >= 0.6 is 12.4 Å². The molecule has 0 spiro atoms. The Balaban J connectivity index is 0.00000192. The number of benzene rings is 1. The van der Waals surface area contributed by atoms with Crippen molar-refractivity contribution in [1.29, 1.82) is 0 Å². The first-order valence-corrected chi connectivity index (χ1v) is 7.69. The predicted molar refractivity (Wildman–Crippen MR) is 92.5 cm³/mol. The average molecular weight is 336 g/mol. The van der Waals surface area contributed by atoms with Crippen molar-refractivity contribution in [2.75, 3.05) is 5.32 Å². The lowest BCUT2D eigenvalue weighted by molar-refractivity contribution is -0.117. The molecule has 0 bridgehead atoms. The average Bonchev–Trinajstić information content (AvgIpc) is 3.14. The molecule has 0 radical (unpaired) electrons. The van der Waals surface area contributed by atoms with E-state index < -0.39 is 0 Å². The number of rotatable bonds is 4. The van der Waals surface area contributed by atoms with Gasteiger partial charge in [0.25, 0.3) is 0 Å². The normalized spacial score (nSPS) is 20.1. The van der Waals surface area contributed by atoms with E-state index in [4.69, 9.17) is 10.2 Å². The number of amides is 1. The van der Waals surface area contributed by atoms with Crippen molar-refractivity contribution in [3.05, 3.63) is 36.2 Å². The number of anilines is 1. The minimum Gasteiger partial charge on any atom is -0.445 e. The minimum absolute atomic E-state index is 0. The van der Waals surface area contributed by atoms with E-state index in [1.807, 2.05) is 25.1 Å². The fourth-order valence-corrected chi connectivity index (χ4v) is 3.06. The van der Waals surface area contributed by atoms with Gasteiger partial charge in [0.05, 0.1) is 6.20 Å². The fraction of sp³-hybridized carbons (Fsp3) is 0.412. The standard InChI is InChI=1S/C17H21N3O2.ClH/c1-11-5-6-13(10-14(11)17-19-7-8-22-17)20-16(21)9-12-3-2-4-15(12)18;/h5-8,10,12,15H,2-4,9,18H2,1H3,(H,20,21);1H/t12-,15+;/m0./s1. The molecule has 1 fully saturated rings. The molecule has 3 rings (SSSR count). The van der Waals surface area contributed by atoms with E-state index >= 15 is 0 Å². The van der Waals surface area contributed by atoms with Crippen LogP contribution in [-0.4, -0.2) is 16.9 Å². The molecule has 1 aromatic carbocycles. The Labute approximate surface area is 142 Å². The molecule has 1 heterocycles.